The SMILES string of the molecule is O=P(c1ccccc1)(c1ccccc1)c1ccc2cc(-c3ccc(-c4nc5ccccc5c5nc6ccccn6c45)cc3)ccc2c1. The van der Waals surface area contributed by atoms with Gasteiger partial charge >= 0.3 is 0 Å². The highest BCUT2D eigenvalue weighted by Gasteiger charge is 2.29. The maximum atomic E-state index is 14.9. The van der Waals surface area contributed by atoms with Crippen molar-refractivity contribution in [3.63, 3.8) is 0 Å². The Labute approximate surface area is 272 Å². The summed E-state index contributed by atoms with van der Waals surface area (Å²) < 4.78 is 17.0. The molecular weight excluding hydrogens is 593 g/mol. The molecule has 9 rings (SSSR count). The van der Waals surface area contributed by atoms with E-state index in [9.17, 15) is 4.57 Å². The standard InChI is InChI=1S/C42H28N3OP/c46-47(34-11-3-1-4-12-34,35-13-5-2-6-14-35)36-25-24-32-27-31(22-23-33(32)28-36)29-18-20-30(21-19-29)40-42-41(37-15-7-8-16-38(37)43-40)44-39-17-9-10-26-45(39)42/h1-28H. The molecule has 47 heavy (non-hydrogen) atoms. The highest BCUT2D eigenvalue weighted by atomic mass is 31.2. The van der Waals surface area contributed by atoms with Crippen LogP contribution in [-0.4, -0.2) is 14.4 Å². The number of hydrogen-bond donors (Lipinski definition) is 0. The van der Waals surface area contributed by atoms with E-state index in [1.54, 1.807) is 0 Å². The predicted molar refractivity (Wildman–Crippen MR) is 196 cm³/mol. The van der Waals surface area contributed by atoms with Gasteiger partial charge in [0.1, 0.15) is 11.2 Å². The lowest BCUT2D eigenvalue weighted by atomic mass is 9.99. The molecule has 0 radical (unpaired) electrons. The summed E-state index contributed by atoms with van der Waals surface area (Å²) in [5.74, 6) is 0. The van der Waals surface area contributed by atoms with Crippen LogP contribution in [0.5, 0.6) is 0 Å². The van der Waals surface area contributed by atoms with Crippen molar-refractivity contribution in [1.29, 1.82) is 0 Å². The van der Waals surface area contributed by atoms with E-state index in [2.05, 4.69) is 77.3 Å². The lowest BCUT2D eigenvalue weighted by molar-refractivity contribution is 0.592. The Hall–Kier alpha value is -5.83. The van der Waals surface area contributed by atoms with Crippen molar-refractivity contribution in [1.82, 2.24) is 14.4 Å². The van der Waals surface area contributed by atoms with Gasteiger partial charge in [0.25, 0.3) is 0 Å². The highest BCUT2D eigenvalue weighted by molar-refractivity contribution is 7.85. The van der Waals surface area contributed by atoms with Gasteiger partial charge in [-0.2, -0.15) is 0 Å². The first kappa shape index (κ1) is 27.5. The average Bonchev–Trinajstić information content (AvgIpc) is 3.55. The molecule has 0 unspecified atom stereocenters. The second-order valence-electron chi connectivity index (χ2n) is 11.8. The van der Waals surface area contributed by atoms with Crippen molar-refractivity contribution < 1.29 is 4.57 Å². The van der Waals surface area contributed by atoms with Crippen molar-refractivity contribution in [2.45, 2.75) is 0 Å². The van der Waals surface area contributed by atoms with E-state index < -0.39 is 7.14 Å². The third-order valence-corrected chi connectivity index (χ3v) is 12.1. The summed E-state index contributed by atoms with van der Waals surface area (Å²) in [6.45, 7) is 0. The van der Waals surface area contributed by atoms with Crippen LogP contribution in [0.2, 0.25) is 0 Å². The fraction of sp³-hybridized carbons (Fsp3) is 0. The summed E-state index contributed by atoms with van der Waals surface area (Å²) in [4.78, 5) is 10.1. The molecule has 0 aliphatic heterocycles. The number of pyridine rings is 2. The zero-order valence-electron chi connectivity index (χ0n) is 25.4. The number of fused-ring (bicyclic) bond motifs is 6. The first-order valence-corrected chi connectivity index (χ1v) is 17.4. The largest absolute Gasteiger partial charge is 0.309 e. The van der Waals surface area contributed by atoms with Crippen molar-refractivity contribution in [2.24, 2.45) is 0 Å². The number of aromatic nitrogens is 3. The Bertz CT molecular complexity index is 2600. The molecule has 0 aliphatic carbocycles. The zero-order chi connectivity index (χ0) is 31.4. The van der Waals surface area contributed by atoms with Crippen LogP contribution >= 0.6 is 7.14 Å². The minimum atomic E-state index is -3.04. The number of benzene rings is 6. The number of rotatable bonds is 5. The van der Waals surface area contributed by atoms with Crippen LogP contribution in [0, 0.1) is 0 Å². The second-order valence-corrected chi connectivity index (χ2v) is 14.6. The van der Waals surface area contributed by atoms with Crippen LogP contribution in [0.1, 0.15) is 0 Å². The molecule has 0 amide bonds. The third kappa shape index (κ3) is 4.49. The average molecular weight is 622 g/mol. The summed E-state index contributed by atoms with van der Waals surface area (Å²) >= 11 is 0. The molecule has 3 aromatic heterocycles. The van der Waals surface area contributed by atoms with E-state index in [0.717, 1.165) is 76.7 Å². The maximum Gasteiger partial charge on any atom is 0.171 e. The van der Waals surface area contributed by atoms with E-state index in [1.165, 1.54) is 0 Å². The van der Waals surface area contributed by atoms with E-state index in [1.807, 2.05) is 97.1 Å². The van der Waals surface area contributed by atoms with Crippen molar-refractivity contribution in [3.8, 4) is 22.4 Å². The summed E-state index contributed by atoms with van der Waals surface area (Å²) in [6.07, 6.45) is 2.05. The topological polar surface area (TPSA) is 47.3 Å². The Kier molecular flexibility index (Phi) is 6.38. The zero-order valence-corrected chi connectivity index (χ0v) is 26.3. The van der Waals surface area contributed by atoms with Gasteiger partial charge in [-0.3, -0.25) is 4.40 Å². The quantitative estimate of drug-likeness (QED) is 0.180. The van der Waals surface area contributed by atoms with Crippen LogP contribution in [0.15, 0.2) is 170 Å². The molecule has 0 N–H and O–H groups in total. The number of para-hydroxylation sites is 1. The third-order valence-electron chi connectivity index (χ3n) is 9.06. The van der Waals surface area contributed by atoms with Gasteiger partial charge in [0.05, 0.1) is 16.7 Å². The molecular formula is C42H28N3OP. The second kappa shape index (κ2) is 10.9. The number of nitrogens with zero attached hydrogens (tertiary/aromatic N) is 3. The molecule has 0 spiro atoms. The number of imidazole rings is 1. The lowest BCUT2D eigenvalue weighted by Crippen LogP contribution is -2.24. The molecule has 4 nitrogen and oxygen atoms in total. The normalized spacial score (nSPS) is 11.9. The molecule has 9 aromatic rings. The molecule has 0 saturated heterocycles. The Balaban J connectivity index is 1.11. The Morgan fingerprint density at radius 2 is 1.11 bits per heavy atom. The van der Waals surface area contributed by atoms with E-state index in [-0.39, 0.29) is 0 Å². The molecule has 222 valence electrons. The first-order valence-electron chi connectivity index (χ1n) is 15.7. The fourth-order valence-corrected chi connectivity index (χ4v) is 9.39. The van der Waals surface area contributed by atoms with Crippen molar-refractivity contribution >= 4 is 61.4 Å². The van der Waals surface area contributed by atoms with Gasteiger partial charge in [-0.1, -0.05) is 133 Å². The summed E-state index contributed by atoms with van der Waals surface area (Å²) in [6, 6.07) is 55.3. The van der Waals surface area contributed by atoms with Gasteiger partial charge in [-0.25, -0.2) is 9.97 Å². The summed E-state index contributed by atoms with van der Waals surface area (Å²) in [5.41, 5.74) is 8.00. The monoisotopic (exact) mass is 621 g/mol. The van der Waals surface area contributed by atoms with Crippen LogP contribution in [-0.2, 0) is 4.57 Å². The molecule has 5 heteroatoms. The smallest absolute Gasteiger partial charge is 0.171 e. The van der Waals surface area contributed by atoms with Gasteiger partial charge in [0, 0.05) is 33.1 Å². The Morgan fingerprint density at radius 1 is 0.489 bits per heavy atom. The van der Waals surface area contributed by atoms with E-state index >= 15 is 0 Å². The molecule has 6 aromatic carbocycles. The predicted octanol–water partition coefficient (Wildman–Crippen LogP) is 9.16. The van der Waals surface area contributed by atoms with Gasteiger partial charge in [0.15, 0.2) is 7.14 Å². The molecule has 3 heterocycles. The highest BCUT2D eigenvalue weighted by Crippen LogP contribution is 2.43. The van der Waals surface area contributed by atoms with Gasteiger partial charge in [-0.15, -0.1) is 0 Å². The molecule has 0 fully saturated rings. The van der Waals surface area contributed by atoms with Gasteiger partial charge in [-0.05, 0) is 52.2 Å². The maximum absolute atomic E-state index is 14.9. The van der Waals surface area contributed by atoms with Crippen LogP contribution < -0.4 is 15.9 Å². The minimum absolute atomic E-state index is 0.834. The summed E-state index contributed by atoms with van der Waals surface area (Å²) in [5, 5.41) is 5.72. The summed E-state index contributed by atoms with van der Waals surface area (Å²) in [7, 11) is -3.04. The van der Waals surface area contributed by atoms with Crippen molar-refractivity contribution in [2.75, 3.05) is 0 Å². The Morgan fingerprint density at radius 3 is 1.87 bits per heavy atom. The van der Waals surface area contributed by atoms with E-state index in [0.29, 0.717) is 0 Å². The molecule has 0 bridgehead atoms. The van der Waals surface area contributed by atoms with E-state index in [4.69, 9.17) is 9.97 Å². The first-order chi connectivity index (χ1) is 23.2. The van der Waals surface area contributed by atoms with Crippen LogP contribution in [0.25, 0.3) is 60.7 Å². The van der Waals surface area contributed by atoms with Crippen LogP contribution in [0.3, 0.4) is 0 Å². The molecule has 0 atom stereocenters. The lowest BCUT2D eigenvalue weighted by Gasteiger charge is -2.20. The minimum Gasteiger partial charge on any atom is -0.309 e. The fourth-order valence-electron chi connectivity index (χ4n) is 6.71. The molecule has 0 saturated carbocycles. The van der Waals surface area contributed by atoms with Crippen LogP contribution in [0.4, 0.5) is 0 Å². The van der Waals surface area contributed by atoms with Gasteiger partial charge in [0.2, 0.25) is 0 Å². The molecule has 0 aliphatic rings. The van der Waals surface area contributed by atoms with Crippen molar-refractivity contribution in [3.05, 3.63) is 170 Å². The van der Waals surface area contributed by atoms with Gasteiger partial charge < -0.3 is 4.57 Å². The number of hydrogen-bond acceptors (Lipinski definition) is 3.